The first-order valence-electron chi connectivity index (χ1n) is 6.06. The first kappa shape index (κ1) is 14.8. The Morgan fingerprint density at radius 1 is 1.29 bits per heavy atom. The zero-order chi connectivity index (χ0) is 15.1. The van der Waals surface area contributed by atoms with Crippen LogP contribution < -0.4 is 15.9 Å². The molecule has 0 aliphatic carbocycles. The maximum atomic E-state index is 11.7. The lowest BCUT2D eigenvalue weighted by molar-refractivity contribution is 0.0954. The minimum absolute atomic E-state index is 0.0142. The molecule has 1 amide bonds. The molecule has 1 aromatic heterocycles. The molecule has 0 saturated carbocycles. The van der Waals surface area contributed by atoms with Crippen LogP contribution in [0.25, 0.3) is 0 Å². The van der Waals surface area contributed by atoms with Crippen molar-refractivity contribution in [3.8, 4) is 5.75 Å². The van der Waals surface area contributed by atoms with Crippen LogP contribution in [0.3, 0.4) is 0 Å². The maximum absolute atomic E-state index is 11.7. The van der Waals surface area contributed by atoms with E-state index < -0.39 is 0 Å². The maximum Gasteiger partial charge on any atom is 0.271 e. The van der Waals surface area contributed by atoms with E-state index in [2.05, 4.69) is 15.5 Å². The third-order valence-corrected chi connectivity index (χ3v) is 2.77. The number of benzene rings is 1. The molecule has 1 aromatic carbocycles. The third kappa shape index (κ3) is 4.47. The van der Waals surface area contributed by atoms with Crippen LogP contribution in [0.15, 0.2) is 53.9 Å². The van der Waals surface area contributed by atoms with E-state index in [9.17, 15) is 4.79 Å². The number of carbonyl (C=O) groups is 1. The molecule has 2 aromatic rings. The summed E-state index contributed by atoms with van der Waals surface area (Å²) in [4.78, 5) is 15.5. The quantitative estimate of drug-likeness (QED) is 0.501. The highest BCUT2D eigenvalue weighted by atomic mass is 35.5. The van der Waals surface area contributed by atoms with Crippen molar-refractivity contribution in [1.82, 2.24) is 10.4 Å². The number of hydrogen-bond acceptors (Lipinski definition) is 4. The molecule has 0 saturated heterocycles. The molecule has 0 fully saturated rings. The van der Waals surface area contributed by atoms with Crippen LogP contribution in [0.2, 0.25) is 5.02 Å². The SMILES string of the molecule is N/C(COc1ccccc1Cl)=N/NC(=O)c1ccncc1. The van der Waals surface area contributed by atoms with E-state index in [0.29, 0.717) is 16.3 Å². The molecule has 7 heteroatoms. The Hall–Kier alpha value is -2.60. The van der Waals surface area contributed by atoms with Crippen molar-refractivity contribution in [2.75, 3.05) is 6.61 Å². The third-order valence-electron chi connectivity index (χ3n) is 2.46. The number of hydrazone groups is 1. The van der Waals surface area contributed by atoms with Crippen molar-refractivity contribution < 1.29 is 9.53 Å². The Balaban J connectivity index is 1.87. The highest BCUT2D eigenvalue weighted by Gasteiger charge is 2.04. The summed E-state index contributed by atoms with van der Waals surface area (Å²) in [5.41, 5.74) is 8.42. The summed E-state index contributed by atoms with van der Waals surface area (Å²) < 4.78 is 5.39. The lowest BCUT2D eigenvalue weighted by atomic mass is 10.3. The summed E-state index contributed by atoms with van der Waals surface area (Å²) >= 11 is 5.93. The normalized spacial score (nSPS) is 11.0. The summed E-state index contributed by atoms with van der Waals surface area (Å²) in [7, 11) is 0. The van der Waals surface area contributed by atoms with Gasteiger partial charge in [-0.15, -0.1) is 0 Å². The second-order valence-corrected chi connectivity index (χ2v) is 4.41. The summed E-state index contributed by atoms with van der Waals surface area (Å²) in [5, 5.41) is 4.23. The Labute approximate surface area is 126 Å². The minimum atomic E-state index is -0.377. The second kappa shape index (κ2) is 7.25. The molecule has 0 unspecified atom stereocenters. The Kier molecular flexibility index (Phi) is 5.11. The molecular formula is C14H13ClN4O2. The van der Waals surface area contributed by atoms with Gasteiger partial charge in [0.2, 0.25) is 0 Å². The number of hydrogen-bond donors (Lipinski definition) is 2. The van der Waals surface area contributed by atoms with Gasteiger partial charge in [-0.1, -0.05) is 23.7 Å². The number of rotatable bonds is 5. The van der Waals surface area contributed by atoms with Gasteiger partial charge in [0.1, 0.15) is 12.4 Å². The number of carbonyl (C=O) groups excluding carboxylic acids is 1. The van der Waals surface area contributed by atoms with Gasteiger partial charge in [0.25, 0.3) is 5.91 Å². The van der Waals surface area contributed by atoms with E-state index >= 15 is 0 Å². The number of ether oxygens (including phenoxy) is 1. The van der Waals surface area contributed by atoms with Crippen LogP contribution in [0.1, 0.15) is 10.4 Å². The van der Waals surface area contributed by atoms with Gasteiger partial charge in [-0.05, 0) is 24.3 Å². The molecule has 6 nitrogen and oxygen atoms in total. The average Bonchev–Trinajstić information content (AvgIpc) is 2.52. The largest absolute Gasteiger partial charge is 0.484 e. The number of nitrogens with two attached hydrogens (primary N) is 1. The minimum Gasteiger partial charge on any atom is -0.484 e. The van der Waals surface area contributed by atoms with Gasteiger partial charge in [0, 0.05) is 18.0 Å². The van der Waals surface area contributed by atoms with Gasteiger partial charge in [0.15, 0.2) is 5.84 Å². The van der Waals surface area contributed by atoms with E-state index in [1.54, 1.807) is 36.4 Å². The van der Waals surface area contributed by atoms with E-state index in [-0.39, 0.29) is 18.3 Å². The van der Waals surface area contributed by atoms with Crippen molar-refractivity contribution in [2.45, 2.75) is 0 Å². The molecule has 21 heavy (non-hydrogen) atoms. The van der Waals surface area contributed by atoms with Gasteiger partial charge in [0.05, 0.1) is 5.02 Å². The zero-order valence-electron chi connectivity index (χ0n) is 11.0. The molecule has 108 valence electrons. The van der Waals surface area contributed by atoms with Crippen molar-refractivity contribution in [1.29, 1.82) is 0 Å². The first-order valence-corrected chi connectivity index (χ1v) is 6.44. The summed E-state index contributed by atoms with van der Waals surface area (Å²) in [6, 6.07) is 10.1. The summed E-state index contributed by atoms with van der Waals surface area (Å²) in [6.45, 7) is 0.0142. The first-order chi connectivity index (χ1) is 10.2. The van der Waals surface area contributed by atoms with Crippen LogP contribution in [-0.2, 0) is 0 Å². The number of nitrogens with zero attached hydrogens (tertiary/aromatic N) is 2. The lowest BCUT2D eigenvalue weighted by Gasteiger charge is -2.07. The van der Waals surface area contributed by atoms with E-state index in [4.69, 9.17) is 22.1 Å². The molecule has 0 bridgehead atoms. The molecular weight excluding hydrogens is 292 g/mol. The number of halogens is 1. The fraction of sp³-hybridized carbons (Fsp3) is 0.0714. The molecule has 0 aliphatic heterocycles. The molecule has 0 aliphatic rings. The second-order valence-electron chi connectivity index (χ2n) is 4.00. The highest BCUT2D eigenvalue weighted by Crippen LogP contribution is 2.22. The molecule has 3 N–H and O–H groups in total. The van der Waals surface area contributed by atoms with Gasteiger partial charge < -0.3 is 10.5 Å². The predicted molar refractivity (Wildman–Crippen MR) is 80.3 cm³/mol. The zero-order valence-corrected chi connectivity index (χ0v) is 11.7. The van der Waals surface area contributed by atoms with Crippen LogP contribution >= 0.6 is 11.6 Å². The molecule has 2 rings (SSSR count). The molecule has 0 radical (unpaired) electrons. The number of pyridine rings is 1. The van der Waals surface area contributed by atoms with Crippen molar-refractivity contribution >= 4 is 23.3 Å². The smallest absolute Gasteiger partial charge is 0.271 e. The van der Waals surface area contributed by atoms with Gasteiger partial charge in [-0.2, -0.15) is 5.10 Å². The van der Waals surface area contributed by atoms with Gasteiger partial charge in [-0.3, -0.25) is 9.78 Å². The molecule has 0 atom stereocenters. The number of para-hydroxylation sites is 1. The highest BCUT2D eigenvalue weighted by molar-refractivity contribution is 6.32. The predicted octanol–water partition coefficient (Wildman–Crippen LogP) is 1.82. The van der Waals surface area contributed by atoms with Crippen molar-refractivity contribution in [3.05, 3.63) is 59.4 Å². The topological polar surface area (TPSA) is 89.6 Å². The van der Waals surface area contributed by atoms with Crippen molar-refractivity contribution in [2.24, 2.45) is 10.8 Å². The number of amides is 1. The number of aromatic nitrogens is 1. The van der Waals surface area contributed by atoms with Crippen LogP contribution in [0.5, 0.6) is 5.75 Å². The average molecular weight is 305 g/mol. The summed E-state index contributed by atoms with van der Waals surface area (Å²) in [5.74, 6) is 0.244. The lowest BCUT2D eigenvalue weighted by Crippen LogP contribution is -2.27. The standard InChI is InChI=1S/C14H13ClN4O2/c15-11-3-1-2-4-12(11)21-9-13(16)18-19-14(20)10-5-7-17-8-6-10/h1-8H,9H2,(H2,16,18)(H,19,20). The van der Waals surface area contributed by atoms with Crippen LogP contribution in [0, 0.1) is 0 Å². The van der Waals surface area contributed by atoms with Crippen molar-refractivity contribution in [3.63, 3.8) is 0 Å². The van der Waals surface area contributed by atoms with Gasteiger partial charge >= 0.3 is 0 Å². The Morgan fingerprint density at radius 3 is 2.71 bits per heavy atom. The van der Waals surface area contributed by atoms with E-state index in [0.717, 1.165) is 0 Å². The fourth-order valence-electron chi connectivity index (χ4n) is 1.44. The van der Waals surface area contributed by atoms with E-state index in [1.165, 1.54) is 12.4 Å². The molecule has 0 spiro atoms. The number of nitrogens with one attached hydrogen (secondary N) is 1. The molecule has 1 heterocycles. The Morgan fingerprint density at radius 2 is 2.00 bits per heavy atom. The summed E-state index contributed by atoms with van der Waals surface area (Å²) in [6.07, 6.45) is 3.03. The van der Waals surface area contributed by atoms with Gasteiger partial charge in [-0.25, -0.2) is 5.43 Å². The van der Waals surface area contributed by atoms with E-state index in [1.807, 2.05) is 0 Å². The Bertz CT molecular complexity index is 646. The fourth-order valence-corrected chi connectivity index (χ4v) is 1.63. The number of amidine groups is 1. The van der Waals surface area contributed by atoms with Crippen LogP contribution in [-0.4, -0.2) is 23.3 Å². The monoisotopic (exact) mass is 304 g/mol. The van der Waals surface area contributed by atoms with Crippen LogP contribution in [0.4, 0.5) is 0 Å².